The van der Waals surface area contributed by atoms with Gasteiger partial charge in [-0.2, -0.15) is 0 Å². The van der Waals surface area contributed by atoms with Crippen molar-refractivity contribution in [3.05, 3.63) is 29.8 Å². The number of nitrogens with zero attached hydrogens (tertiary/aromatic N) is 1. The van der Waals surface area contributed by atoms with Crippen molar-refractivity contribution in [2.45, 2.75) is 38.0 Å². The molecule has 1 saturated carbocycles. The predicted molar refractivity (Wildman–Crippen MR) is 83.7 cm³/mol. The molecule has 0 radical (unpaired) electrons. The van der Waals surface area contributed by atoms with Crippen LogP contribution in [0.25, 0.3) is 0 Å². The van der Waals surface area contributed by atoms with E-state index in [0.717, 1.165) is 38.6 Å². The quantitative estimate of drug-likeness (QED) is 0.869. The molecule has 2 aliphatic rings. The van der Waals surface area contributed by atoms with Gasteiger partial charge in [0.15, 0.2) is 0 Å². The van der Waals surface area contributed by atoms with E-state index in [1.165, 1.54) is 24.8 Å². The molecule has 1 aromatic carbocycles. The molecule has 3 rings (SSSR count). The molecule has 4 heteroatoms. The summed E-state index contributed by atoms with van der Waals surface area (Å²) in [6, 6.07) is 8.90. The van der Waals surface area contributed by atoms with E-state index in [9.17, 15) is 0 Å². The Morgan fingerprint density at radius 3 is 3.14 bits per heavy atom. The molecule has 2 atom stereocenters. The molecule has 1 heterocycles. The van der Waals surface area contributed by atoms with Gasteiger partial charge >= 0.3 is 0 Å². The van der Waals surface area contributed by atoms with Crippen molar-refractivity contribution < 1.29 is 9.47 Å². The largest absolute Gasteiger partial charge is 0.492 e. The molecule has 1 saturated heterocycles. The summed E-state index contributed by atoms with van der Waals surface area (Å²) in [7, 11) is 1.96. The summed E-state index contributed by atoms with van der Waals surface area (Å²) in [5.74, 6) is 1.00. The summed E-state index contributed by atoms with van der Waals surface area (Å²) in [6.45, 7) is 4.51. The minimum atomic E-state index is 0.468. The molecular weight excluding hydrogens is 264 g/mol. The highest BCUT2D eigenvalue weighted by Crippen LogP contribution is 2.29. The third-order valence-corrected chi connectivity index (χ3v) is 4.57. The highest BCUT2D eigenvalue weighted by molar-refractivity contribution is 5.33. The number of para-hydroxylation sites is 1. The molecule has 0 amide bonds. The molecule has 0 bridgehead atoms. The third-order valence-electron chi connectivity index (χ3n) is 4.57. The van der Waals surface area contributed by atoms with Crippen LogP contribution in [0.3, 0.4) is 0 Å². The van der Waals surface area contributed by atoms with Crippen molar-refractivity contribution in [3.8, 4) is 5.75 Å². The molecular formula is C17H26N2O2. The van der Waals surface area contributed by atoms with Crippen LogP contribution >= 0.6 is 0 Å². The molecule has 4 nitrogen and oxygen atoms in total. The molecule has 0 aromatic heterocycles. The molecule has 0 spiro atoms. The first-order valence-corrected chi connectivity index (χ1v) is 8.09. The highest BCUT2D eigenvalue weighted by atomic mass is 16.5. The Morgan fingerprint density at radius 1 is 1.33 bits per heavy atom. The topological polar surface area (TPSA) is 33.7 Å². The molecule has 2 fully saturated rings. The lowest BCUT2D eigenvalue weighted by Gasteiger charge is -2.37. The van der Waals surface area contributed by atoms with E-state index in [4.69, 9.17) is 9.47 Å². The molecule has 1 aliphatic carbocycles. The van der Waals surface area contributed by atoms with E-state index in [2.05, 4.69) is 28.4 Å². The van der Waals surface area contributed by atoms with E-state index in [0.29, 0.717) is 12.1 Å². The first-order chi connectivity index (χ1) is 10.4. The van der Waals surface area contributed by atoms with Gasteiger partial charge < -0.3 is 14.8 Å². The van der Waals surface area contributed by atoms with Gasteiger partial charge in [0, 0.05) is 31.2 Å². The van der Waals surface area contributed by atoms with Crippen LogP contribution in [0, 0.1) is 0 Å². The van der Waals surface area contributed by atoms with Crippen LogP contribution < -0.4 is 10.1 Å². The summed E-state index contributed by atoms with van der Waals surface area (Å²) in [5.41, 5.74) is 1.22. The summed E-state index contributed by atoms with van der Waals surface area (Å²) in [6.07, 6.45) is 4.28. The number of benzene rings is 1. The van der Waals surface area contributed by atoms with Crippen molar-refractivity contribution in [2.75, 3.05) is 33.4 Å². The van der Waals surface area contributed by atoms with Crippen LogP contribution in [0.1, 0.15) is 24.8 Å². The zero-order valence-corrected chi connectivity index (χ0v) is 12.9. The van der Waals surface area contributed by atoms with E-state index < -0.39 is 0 Å². The second kappa shape index (κ2) is 7.25. The van der Waals surface area contributed by atoms with Crippen molar-refractivity contribution in [3.63, 3.8) is 0 Å². The smallest absolute Gasteiger partial charge is 0.123 e. The van der Waals surface area contributed by atoms with Crippen LogP contribution in [0.5, 0.6) is 5.75 Å². The Kier molecular flexibility index (Phi) is 5.12. The first kappa shape index (κ1) is 14.8. The average molecular weight is 290 g/mol. The Bertz CT molecular complexity index is 452. The normalized spacial score (nSPS) is 25.8. The number of hydrogen-bond donors (Lipinski definition) is 1. The fourth-order valence-corrected chi connectivity index (χ4v) is 3.54. The lowest BCUT2D eigenvalue weighted by atomic mass is 10.1. The van der Waals surface area contributed by atoms with Gasteiger partial charge in [-0.05, 0) is 32.4 Å². The summed E-state index contributed by atoms with van der Waals surface area (Å²) >= 11 is 0. The molecule has 116 valence electrons. The van der Waals surface area contributed by atoms with Crippen LogP contribution in [-0.2, 0) is 11.3 Å². The summed E-state index contributed by atoms with van der Waals surface area (Å²) in [5, 5.41) is 3.19. The van der Waals surface area contributed by atoms with Gasteiger partial charge in [0.1, 0.15) is 12.4 Å². The Labute approximate surface area is 127 Å². The van der Waals surface area contributed by atoms with E-state index in [1.807, 2.05) is 13.1 Å². The maximum Gasteiger partial charge on any atom is 0.123 e. The van der Waals surface area contributed by atoms with Gasteiger partial charge in [-0.15, -0.1) is 0 Å². The number of nitrogens with one attached hydrogen (secondary N) is 1. The van der Waals surface area contributed by atoms with Crippen LogP contribution in [-0.4, -0.2) is 50.4 Å². The Balaban J connectivity index is 1.51. The number of hydrogen-bond acceptors (Lipinski definition) is 4. The number of morpholine rings is 1. The number of ether oxygens (including phenoxy) is 2. The highest BCUT2D eigenvalue weighted by Gasteiger charge is 2.35. The average Bonchev–Trinajstić information content (AvgIpc) is 2.99. The van der Waals surface area contributed by atoms with Gasteiger partial charge in [0.05, 0.1) is 12.7 Å². The van der Waals surface area contributed by atoms with Crippen molar-refractivity contribution in [1.29, 1.82) is 0 Å². The molecule has 2 unspecified atom stereocenters. The van der Waals surface area contributed by atoms with E-state index in [1.54, 1.807) is 0 Å². The molecule has 1 aliphatic heterocycles. The van der Waals surface area contributed by atoms with Crippen LogP contribution in [0.2, 0.25) is 0 Å². The van der Waals surface area contributed by atoms with Crippen molar-refractivity contribution >= 4 is 0 Å². The minimum absolute atomic E-state index is 0.468. The fourth-order valence-electron chi connectivity index (χ4n) is 3.54. The molecule has 1 N–H and O–H groups in total. The monoisotopic (exact) mass is 290 g/mol. The predicted octanol–water partition coefficient (Wildman–Crippen LogP) is 2.04. The zero-order chi connectivity index (χ0) is 14.5. The van der Waals surface area contributed by atoms with Crippen molar-refractivity contribution in [2.24, 2.45) is 0 Å². The van der Waals surface area contributed by atoms with Gasteiger partial charge in [0.25, 0.3) is 0 Å². The maximum atomic E-state index is 6.02. The third kappa shape index (κ3) is 3.57. The first-order valence-electron chi connectivity index (χ1n) is 8.09. The number of rotatable bonds is 6. The molecule has 1 aromatic rings. The summed E-state index contributed by atoms with van der Waals surface area (Å²) < 4.78 is 11.9. The van der Waals surface area contributed by atoms with E-state index in [-0.39, 0.29) is 0 Å². The van der Waals surface area contributed by atoms with Crippen LogP contribution in [0.4, 0.5) is 0 Å². The Morgan fingerprint density at radius 2 is 2.24 bits per heavy atom. The fraction of sp³-hybridized carbons (Fsp3) is 0.647. The van der Waals surface area contributed by atoms with Gasteiger partial charge in [-0.25, -0.2) is 0 Å². The lowest BCUT2D eigenvalue weighted by Crippen LogP contribution is -2.49. The maximum absolute atomic E-state index is 6.02. The Hall–Kier alpha value is -1.10. The number of fused-ring (bicyclic) bond motifs is 1. The minimum Gasteiger partial charge on any atom is -0.492 e. The second-order valence-electron chi connectivity index (χ2n) is 5.93. The SMILES string of the molecule is CNCc1ccccc1OCCN1CCOC2CCCC21. The van der Waals surface area contributed by atoms with Gasteiger partial charge in [-0.1, -0.05) is 18.2 Å². The lowest BCUT2D eigenvalue weighted by molar-refractivity contribution is -0.0583. The second-order valence-corrected chi connectivity index (χ2v) is 5.93. The van der Waals surface area contributed by atoms with Crippen LogP contribution in [0.15, 0.2) is 24.3 Å². The summed E-state index contributed by atoms with van der Waals surface area (Å²) in [4.78, 5) is 2.56. The molecule has 21 heavy (non-hydrogen) atoms. The van der Waals surface area contributed by atoms with Gasteiger partial charge in [0.2, 0.25) is 0 Å². The zero-order valence-electron chi connectivity index (χ0n) is 12.9. The van der Waals surface area contributed by atoms with Crippen molar-refractivity contribution in [1.82, 2.24) is 10.2 Å². The standard InChI is InChI=1S/C17H26N2O2/c1-18-13-14-5-2-3-7-16(14)20-11-9-19-10-12-21-17-8-4-6-15(17)19/h2-3,5,7,15,17-18H,4,6,8-13H2,1H3. The van der Waals surface area contributed by atoms with E-state index >= 15 is 0 Å². The van der Waals surface area contributed by atoms with Gasteiger partial charge in [-0.3, -0.25) is 4.90 Å².